The first-order valence-electron chi connectivity index (χ1n) is 6.37. The molecule has 100 valence electrons. The third-order valence-corrected chi connectivity index (χ3v) is 3.04. The molecule has 1 aliphatic rings. The van der Waals surface area contributed by atoms with E-state index in [0.29, 0.717) is 6.54 Å². The fourth-order valence-electron chi connectivity index (χ4n) is 2.02. The minimum absolute atomic E-state index is 0.187. The predicted molar refractivity (Wildman–Crippen MR) is 77.2 cm³/mol. The highest BCUT2D eigenvalue weighted by Gasteiger charge is 2.16. The Labute approximate surface area is 117 Å². The summed E-state index contributed by atoms with van der Waals surface area (Å²) in [7, 11) is 0. The van der Waals surface area contributed by atoms with Gasteiger partial charge in [-0.15, -0.1) is 0 Å². The first-order valence-corrected chi connectivity index (χ1v) is 6.37. The lowest BCUT2D eigenvalue weighted by molar-refractivity contribution is 0.227. The van der Waals surface area contributed by atoms with Crippen LogP contribution in [-0.4, -0.2) is 10.9 Å². The van der Waals surface area contributed by atoms with E-state index < -0.39 is 0 Å². The number of benzene rings is 2. The van der Waals surface area contributed by atoms with Gasteiger partial charge in [-0.05, 0) is 18.2 Å². The lowest BCUT2D eigenvalue weighted by Crippen LogP contribution is -2.29. The third-order valence-electron chi connectivity index (χ3n) is 3.04. The number of nitrogens with zero attached hydrogens (tertiary/aromatic N) is 1. The van der Waals surface area contributed by atoms with Gasteiger partial charge in [-0.2, -0.15) is 0 Å². The van der Waals surface area contributed by atoms with E-state index >= 15 is 0 Å². The number of anilines is 1. The highest BCUT2D eigenvalue weighted by atomic mass is 16.5. The zero-order valence-corrected chi connectivity index (χ0v) is 10.8. The van der Waals surface area contributed by atoms with Crippen LogP contribution in [0.2, 0.25) is 0 Å². The maximum absolute atomic E-state index is 12.2. The maximum Gasteiger partial charge on any atom is 0.326 e. The van der Waals surface area contributed by atoms with Gasteiger partial charge in [-0.25, -0.2) is 4.79 Å². The van der Waals surface area contributed by atoms with Gasteiger partial charge in [0, 0.05) is 17.5 Å². The van der Waals surface area contributed by atoms with Crippen LogP contribution < -0.4 is 10.1 Å². The Bertz CT molecular complexity index is 638. The minimum Gasteiger partial charge on any atom is -0.463 e. The molecule has 0 spiro atoms. The summed E-state index contributed by atoms with van der Waals surface area (Å²) in [5.74, 6) is 0.777. The molecule has 1 N–H and O–H groups in total. The van der Waals surface area contributed by atoms with Gasteiger partial charge in [0.15, 0.2) is 0 Å². The molecular formula is C16H14N2O2. The van der Waals surface area contributed by atoms with E-state index in [4.69, 9.17) is 4.74 Å². The first-order chi connectivity index (χ1) is 9.83. The smallest absolute Gasteiger partial charge is 0.326 e. The number of para-hydroxylation sites is 2. The molecule has 0 bridgehead atoms. The van der Waals surface area contributed by atoms with E-state index in [2.05, 4.69) is 5.32 Å². The topological polar surface area (TPSA) is 41.6 Å². The summed E-state index contributed by atoms with van der Waals surface area (Å²) in [5.41, 5.74) is 1.74. The second-order valence-electron chi connectivity index (χ2n) is 4.43. The van der Waals surface area contributed by atoms with Gasteiger partial charge in [0.1, 0.15) is 12.0 Å². The van der Waals surface area contributed by atoms with E-state index in [1.165, 1.54) is 6.26 Å². The second kappa shape index (κ2) is 5.48. The Balaban J connectivity index is 1.76. The number of hydrogen-bond donors (Lipinski definition) is 1. The summed E-state index contributed by atoms with van der Waals surface area (Å²) in [6.45, 7) is 0.478. The number of hydrogen-bond acceptors (Lipinski definition) is 2. The number of nitrogens with one attached hydrogen (secondary N) is 1. The number of carbonyl (C=O) groups excluding carboxylic acids is 1. The van der Waals surface area contributed by atoms with Crippen LogP contribution in [0, 0.1) is 0 Å². The van der Waals surface area contributed by atoms with Crippen molar-refractivity contribution in [1.29, 1.82) is 0 Å². The van der Waals surface area contributed by atoms with Crippen molar-refractivity contribution in [2.24, 2.45) is 0 Å². The van der Waals surface area contributed by atoms with Gasteiger partial charge < -0.3 is 10.1 Å². The molecule has 3 rings (SSSR count). The quantitative estimate of drug-likeness (QED) is 0.857. The van der Waals surface area contributed by atoms with Crippen molar-refractivity contribution in [3.05, 3.63) is 72.6 Å². The van der Waals surface area contributed by atoms with Crippen LogP contribution in [0.4, 0.5) is 10.5 Å². The van der Waals surface area contributed by atoms with E-state index in [0.717, 1.165) is 17.0 Å². The highest BCUT2D eigenvalue weighted by Crippen LogP contribution is 2.23. The molecule has 0 aromatic heterocycles. The van der Waals surface area contributed by atoms with Crippen molar-refractivity contribution in [3.8, 4) is 5.75 Å². The molecule has 4 nitrogen and oxygen atoms in total. The second-order valence-corrected chi connectivity index (χ2v) is 4.43. The molecule has 0 fully saturated rings. The van der Waals surface area contributed by atoms with Gasteiger partial charge in [0.2, 0.25) is 0 Å². The minimum atomic E-state index is -0.187. The number of fused-ring (bicyclic) bond motifs is 1. The molecule has 0 saturated carbocycles. The lowest BCUT2D eigenvalue weighted by atomic mass is 10.2. The fraction of sp³-hybridized carbons (Fsp3) is 0.0625. The van der Waals surface area contributed by atoms with E-state index in [-0.39, 0.29) is 6.03 Å². The molecule has 0 saturated heterocycles. The molecule has 0 aliphatic carbocycles. The largest absolute Gasteiger partial charge is 0.463 e. The van der Waals surface area contributed by atoms with Crippen molar-refractivity contribution < 1.29 is 9.53 Å². The Kier molecular flexibility index (Phi) is 3.37. The molecule has 2 aromatic carbocycles. The summed E-state index contributed by atoms with van der Waals surface area (Å²) < 4.78 is 5.48. The number of rotatable bonds is 1. The predicted octanol–water partition coefficient (Wildman–Crippen LogP) is 3.58. The van der Waals surface area contributed by atoms with Crippen molar-refractivity contribution in [2.75, 3.05) is 5.32 Å². The molecule has 0 radical (unpaired) electrons. The molecule has 20 heavy (non-hydrogen) atoms. The lowest BCUT2D eigenvalue weighted by Gasteiger charge is -2.17. The van der Waals surface area contributed by atoms with Gasteiger partial charge in [0.25, 0.3) is 0 Å². The molecular weight excluding hydrogens is 252 g/mol. The number of urea groups is 1. The summed E-state index contributed by atoms with van der Waals surface area (Å²) in [4.78, 5) is 13.8. The fourth-order valence-corrected chi connectivity index (χ4v) is 2.02. The number of amides is 2. The third kappa shape index (κ3) is 2.64. The number of ether oxygens (including phenoxy) is 1. The van der Waals surface area contributed by atoms with Crippen LogP contribution >= 0.6 is 0 Å². The molecule has 0 atom stereocenters. The standard InChI is InChI=1S/C16H14N2O2/c19-16(17-14-7-2-1-3-8-14)18-10-11-20-15-9-5-4-6-13(15)12-18/h1-11H,12H2,(H,17,19). The van der Waals surface area contributed by atoms with E-state index in [1.54, 1.807) is 11.1 Å². The monoisotopic (exact) mass is 266 g/mol. The zero-order valence-electron chi connectivity index (χ0n) is 10.8. The van der Waals surface area contributed by atoms with Crippen LogP contribution in [0.15, 0.2) is 67.1 Å². The van der Waals surface area contributed by atoms with Crippen molar-refractivity contribution in [2.45, 2.75) is 6.54 Å². The Morgan fingerprint density at radius 1 is 1.05 bits per heavy atom. The summed E-state index contributed by atoms with van der Waals surface area (Å²) in [5, 5.41) is 2.85. The SMILES string of the molecule is O=C(Nc1ccccc1)N1C=COc2ccccc2C1. The molecule has 1 heterocycles. The summed E-state index contributed by atoms with van der Waals surface area (Å²) in [6.07, 6.45) is 3.16. The Morgan fingerprint density at radius 2 is 1.80 bits per heavy atom. The van der Waals surface area contributed by atoms with Crippen LogP contribution in [0.3, 0.4) is 0 Å². The maximum atomic E-state index is 12.2. The van der Waals surface area contributed by atoms with Crippen molar-refractivity contribution in [1.82, 2.24) is 4.90 Å². The average molecular weight is 266 g/mol. The summed E-state index contributed by atoms with van der Waals surface area (Å²) in [6, 6.07) is 16.9. The van der Waals surface area contributed by atoms with Gasteiger partial charge in [0.05, 0.1) is 6.54 Å². The zero-order chi connectivity index (χ0) is 13.8. The van der Waals surface area contributed by atoms with Crippen LogP contribution in [-0.2, 0) is 6.54 Å². The molecule has 1 aliphatic heterocycles. The van der Waals surface area contributed by atoms with Crippen molar-refractivity contribution in [3.63, 3.8) is 0 Å². The molecule has 0 unspecified atom stereocenters. The van der Waals surface area contributed by atoms with E-state index in [1.807, 2.05) is 54.6 Å². The summed E-state index contributed by atoms with van der Waals surface area (Å²) >= 11 is 0. The highest BCUT2D eigenvalue weighted by molar-refractivity contribution is 5.90. The Morgan fingerprint density at radius 3 is 2.65 bits per heavy atom. The number of carbonyl (C=O) groups is 1. The van der Waals surface area contributed by atoms with Gasteiger partial charge >= 0.3 is 6.03 Å². The Hall–Kier alpha value is -2.75. The first kappa shape index (κ1) is 12.3. The van der Waals surface area contributed by atoms with Crippen molar-refractivity contribution >= 4 is 11.7 Å². The average Bonchev–Trinajstić information content (AvgIpc) is 2.70. The molecule has 2 aromatic rings. The van der Waals surface area contributed by atoms with Crippen LogP contribution in [0.1, 0.15) is 5.56 Å². The molecule has 2 amide bonds. The normalized spacial score (nSPS) is 13.1. The van der Waals surface area contributed by atoms with Gasteiger partial charge in [-0.1, -0.05) is 36.4 Å². The van der Waals surface area contributed by atoms with Crippen LogP contribution in [0.25, 0.3) is 0 Å². The van der Waals surface area contributed by atoms with E-state index in [9.17, 15) is 4.79 Å². The van der Waals surface area contributed by atoms with Gasteiger partial charge in [-0.3, -0.25) is 4.90 Å². The van der Waals surface area contributed by atoms with Crippen LogP contribution in [0.5, 0.6) is 5.75 Å². The molecule has 4 heteroatoms.